The van der Waals surface area contributed by atoms with Crippen LogP contribution in [0.4, 0.5) is 10.5 Å². The zero-order valence-electron chi connectivity index (χ0n) is 16.0. The third-order valence-corrected chi connectivity index (χ3v) is 7.17. The minimum absolute atomic E-state index is 0.126. The van der Waals surface area contributed by atoms with Crippen molar-refractivity contribution in [3.05, 3.63) is 54.1 Å². The molecule has 3 amide bonds. The molecule has 2 aromatic rings. The number of hydrogen-bond donors (Lipinski definition) is 1. The number of ether oxygens (including phenoxy) is 1. The van der Waals surface area contributed by atoms with Crippen molar-refractivity contribution in [1.29, 1.82) is 0 Å². The maximum absolute atomic E-state index is 13.3. The van der Waals surface area contributed by atoms with Gasteiger partial charge in [-0.2, -0.15) is 4.31 Å². The number of aryl methyl sites for hydroxylation is 1. The Hall–Kier alpha value is -2.91. The van der Waals surface area contributed by atoms with E-state index in [1.165, 1.54) is 23.5 Å². The molecule has 0 radical (unpaired) electrons. The van der Waals surface area contributed by atoms with Gasteiger partial charge < -0.3 is 10.1 Å². The average molecular weight is 415 g/mol. The molecule has 2 saturated heterocycles. The van der Waals surface area contributed by atoms with E-state index in [-0.39, 0.29) is 11.4 Å². The number of rotatable bonds is 4. The number of nitrogens with one attached hydrogen (secondary N) is 1. The predicted octanol–water partition coefficient (Wildman–Crippen LogP) is 1.89. The Kier molecular flexibility index (Phi) is 4.79. The molecule has 2 aromatic carbocycles. The molecule has 2 aliphatic rings. The number of imide groups is 1. The van der Waals surface area contributed by atoms with Crippen LogP contribution in [0.3, 0.4) is 0 Å². The highest BCUT2D eigenvalue weighted by Gasteiger charge is 2.52. The molecule has 0 bridgehead atoms. The second-order valence-electron chi connectivity index (χ2n) is 7.09. The van der Waals surface area contributed by atoms with Gasteiger partial charge in [0.2, 0.25) is 10.0 Å². The molecule has 0 unspecified atom stereocenters. The van der Waals surface area contributed by atoms with Gasteiger partial charge in [-0.25, -0.2) is 18.1 Å². The lowest BCUT2D eigenvalue weighted by molar-refractivity contribution is -0.122. The molecule has 0 aromatic heterocycles. The average Bonchev–Trinajstić information content (AvgIpc) is 3.13. The number of nitrogens with zero attached hydrogens (tertiary/aromatic N) is 2. The van der Waals surface area contributed by atoms with Crippen molar-refractivity contribution in [2.75, 3.05) is 18.6 Å². The smallest absolute Gasteiger partial charge is 0.329 e. The van der Waals surface area contributed by atoms with E-state index in [0.717, 1.165) is 10.5 Å². The van der Waals surface area contributed by atoms with Gasteiger partial charge in [-0.1, -0.05) is 23.8 Å². The molecule has 2 aliphatic heterocycles. The number of methoxy groups -OCH3 is 1. The number of sulfonamides is 1. The lowest BCUT2D eigenvalue weighted by Gasteiger charge is -2.36. The van der Waals surface area contributed by atoms with Gasteiger partial charge in [-0.15, -0.1) is 0 Å². The van der Waals surface area contributed by atoms with E-state index in [0.29, 0.717) is 17.9 Å². The maximum Gasteiger partial charge on any atom is 0.329 e. The van der Waals surface area contributed by atoms with E-state index in [1.807, 2.05) is 6.92 Å². The normalized spacial score (nSPS) is 22.3. The van der Waals surface area contributed by atoms with Gasteiger partial charge in [-0.3, -0.25) is 4.79 Å². The highest BCUT2D eigenvalue weighted by atomic mass is 32.2. The van der Waals surface area contributed by atoms with Crippen LogP contribution in [0.15, 0.2) is 53.4 Å². The van der Waals surface area contributed by atoms with Gasteiger partial charge in [0.15, 0.2) is 0 Å². The van der Waals surface area contributed by atoms with Gasteiger partial charge in [0.05, 0.1) is 23.7 Å². The minimum atomic E-state index is -3.88. The van der Waals surface area contributed by atoms with Gasteiger partial charge in [0.25, 0.3) is 5.91 Å². The third kappa shape index (κ3) is 3.26. The second kappa shape index (κ2) is 7.16. The third-order valence-electron chi connectivity index (χ3n) is 5.28. The van der Waals surface area contributed by atoms with E-state index in [2.05, 4.69) is 5.32 Å². The summed E-state index contributed by atoms with van der Waals surface area (Å²) >= 11 is 0. The number of hydrogen-bond acceptors (Lipinski definition) is 5. The van der Waals surface area contributed by atoms with Gasteiger partial charge in [0, 0.05) is 12.6 Å². The SMILES string of the molecule is COc1cccc(N2C(=O)N[C@H]3CCN(S(=O)(=O)c4ccc(C)cc4)[C@@H]3C2=O)c1. The summed E-state index contributed by atoms with van der Waals surface area (Å²) in [6, 6.07) is 10.9. The summed E-state index contributed by atoms with van der Waals surface area (Å²) in [6.45, 7) is 2.03. The van der Waals surface area contributed by atoms with E-state index in [9.17, 15) is 18.0 Å². The molecule has 2 heterocycles. The van der Waals surface area contributed by atoms with Gasteiger partial charge >= 0.3 is 6.03 Å². The van der Waals surface area contributed by atoms with Crippen LogP contribution >= 0.6 is 0 Å². The first kappa shape index (κ1) is 19.4. The molecule has 0 aliphatic carbocycles. The van der Waals surface area contributed by atoms with Gasteiger partial charge in [-0.05, 0) is 37.6 Å². The van der Waals surface area contributed by atoms with Crippen molar-refractivity contribution in [1.82, 2.24) is 9.62 Å². The fourth-order valence-electron chi connectivity index (χ4n) is 3.78. The number of carbonyl (C=O) groups excluding carboxylic acids is 2. The summed E-state index contributed by atoms with van der Waals surface area (Å²) in [5.74, 6) is -0.0824. The zero-order chi connectivity index (χ0) is 20.8. The summed E-state index contributed by atoms with van der Waals surface area (Å²) < 4.78 is 32.7. The van der Waals surface area contributed by atoms with Crippen molar-refractivity contribution < 1.29 is 22.7 Å². The van der Waals surface area contributed by atoms with Crippen LogP contribution in [-0.2, 0) is 14.8 Å². The molecule has 8 nitrogen and oxygen atoms in total. The van der Waals surface area contributed by atoms with Crippen LogP contribution in [0.1, 0.15) is 12.0 Å². The molecule has 1 N–H and O–H groups in total. The molecular formula is C20H21N3O5S. The van der Waals surface area contributed by atoms with E-state index in [4.69, 9.17) is 4.74 Å². The molecular weight excluding hydrogens is 394 g/mol. The number of anilines is 1. The van der Waals surface area contributed by atoms with Crippen molar-refractivity contribution >= 4 is 27.6 Å². The molecule has 152 valence electrons. The van der Waals surface area contributed by atoms with Crippen molar-refractivity contribution in [3.8, 4) is 5.75 Å². The largest absolute Gasteiger partial charge is 0.497 e. The first-order valence-electron chi connectivity index (χ1n) is 9.20. The number of fused-ring (bicyclic) bond motifs is 1. The molecule has 0 saturated carbocycles. The zero-order valence-corrected chi connectivity index (χ0v) is 16.8. The lowest BCUT2D eigenvalue weighted by Crippen LogP contribution is -2.64. The summed E-state index contributed by atoms with van der Waals surface area (Å²) in [4.78, 5) is 27.0. The summed E-state index contributed by atoms with van der Waals surface area (Å²) in [5, 5.41) is 2.78. The van der Waals surface area contributed by atoms with Crippen LogP contribution in [0.2, 0.25) is 0 Å². The van der Waals surface area contributed by atoms with Crippen molar-refractivity contribution in [3.63, 3.8) is 0 Å². The molecule has 9 heteroatoms. The molecule has 4 rings (SSSR count). The Morgan fingerprint density at radius 2 is 1.83 bits per heavy atom. The first-order chi connectivity index (χ1) is 13.8. The molecule has 29 heavy (non-hydrogen) atoms. The maximum atomic E-state index is 13.3. The Balaban J connectivity index is 1.70. The van der Waals surface area contributed by atoms with Crippen molar-refractivity contribution in [2.24, 2.45) is 0 Å². The Morgan fingerprint density at radius 1 is 1.10 bits per heavy atom. The first-order valence-corrected chi connectivity index (χ1v) is 10.6. The predicted molar refractivity (Wildman–Crippen MR) is 106 cm³/mol. The Morgan fingerprint density at radius 3 is 2.52 bits per heavy atom. The Bertz CT molecular complexity index is 1070. The van der Waals surface area contributed by atoms with Crippen molar-refractivity contribution in [2.45, 2.75) is 30.3 Å². The van der Waals surface area contributed by atoms with E-state index in [1.54, 1.807) is 36.4 Å². The topological polar surface area (TPSA) is 96.0 Å². The Labute approximate surface area is 169 Å². The number of amides is 3. The molecule has 2 fully saturated rings. The van der Waals surface area contributed by atoms with Crippen LogP contribution < -0.4 is 15.0 Å². The highest BCUT2D eigenvalue weighted by molar-refractivity contribution is 7.89. The quantitative estimate of drug-likeness (QED) is 0.823. The van der Waals surface area contributed by atoms with Crippen LogP contribution in [0.5, 0.6) is 5.75 Å². The molecule has 2 atom stereocenters. The van der Waals surface area contributed by atoms with E-state index >= 15 is 0 Å². The number of carbonyl (C=O) groups is 2. The monoisotopic (exact) mass is 415 g/mol. The summed E-state index contributed by atoms with van der Waals surface area (Å²) in [7, 11) is -2.40. The summed E-state index contributed by atoms with van der Waals surface area (Å²) in [5.41, 5.74) is 1.26. The molecule has 0 spiro atoms. The lowest BCUT2D eigenvalue weighted by atomic mass is 10.1. The van der Waals surface area contributed by atoms with Gasteiger partial charge in [0.1, 0.15) is 11.8 Å². The highest BCUT2D eigenvalue weighted by Crippen LogP contribution is 2.32. The fraction of sp³-hybridized carbons (Fsp3) is 0.300. The number of benzene rings is 2. The summed E-state index contributed by atoms with van der Waals surface area (Å²) in [6.07, 6.45) is 0.374. The van der Waals surface area contributed by atoms with Crippen LogP contribution in [0.25, 0.3) is 0 Å². The van der Waals surface area contributed by atoms with E-state index < -0.39 is 34.0 Å². The fourth-order valence-corrected chi connectivity index (χ4v) is 5.41. The van der Waals surface area contributed by atoms with Crippen LogP contribution in [-0.4, -0.2) is 50.4 Å². The standard InChI is InChI=1S/C20H21N3O5S/c1-13-6-8-16(9-7-13)29(26,27)22-11-10-17-18(22)19(24)23(20(25)21-17)14-4-3-5-15(12-14)28-2/h3-9,12,17-18H,10-11H2,1-2H3,(H,21,25)/t17-,18-/m0/s1. The number of urea groups is 1. The second-order valence-corrected chi connectivity index (χ2v) is 8.98. The minimum Gasteiger partial charge on any atom is -0.497 e. The van der Waals surface area contributed by atoms with Crippen LogP contribution in [0, 0.1) is 6.92 Å².